The number of halogens is 1. The lowest BCUT2D eigenvalue weighted by atomic mass is 10.1. The molecule has 0 radical (unpaired) electrons. The van der Waals surface area contributed by atoms with Gasteiger partial charge < -0.3 is 5.32 Å². The second-order valence-electron chi connectivity index (χ2n) is 4.69. The van der Waals surface area contributed by atoms with E-state index in [1.807, 2.05) is 29.6 Å². The number of carbonyl (C=O) groups excluding carboxylic acids is 1. The van der Waals surface area contributed by atoms with Gasteiger partial charge in [-0.15, -0.1) is 11.3 Å². The summed E-state index contributed by atoms with van der Waals surface area (Å²) in [4.78, 5) is 12.7. The molecule has 0 saturated carbocycles. The van der Waals surface area contributed by atoms with E-state index >= 15 is 0 Å². The van der Waals surface area contributed by atoms with Gasteiger partial charge in [-0.2, -0.15) is 0 Å². The highest BCUT2D eigenvalue weighted by molar-refractivity contribution is 7.10. The molecule has 4 heteroatoms. The van der Waals surface area contributed by atoms with Gasteiger partial charge in [0.1, 0.15) is 5.82 Å². The highest BCUT2D eigenvalue weighted by Crippen LogP contribution is 2.09. The number of benzene rings is 1. The van der Waals surface area contributed by atoms with E-state index in [9.17, 15) is 9.18 Å². The fourth-order valence-corrected chi connectivity index (χ4v) is 2.67. The predicted molar refractivity (Wildman–Crippen MR) is 80.4 cm³/mol. The van der Waals surface area contributed by atoms with E-state index in [2.05, 4.69) is 5.32 Å². The Hall–Kier alpha value is -1.68. The van der Waals surface area contributed by atoms with E-state index in [0.29, 0.717) is 13.0 Å². The van der Waals surface area contributed by atoms with Gasteiger partial charge in [0.2, 0.25) is 5.91 Å². The Kier molecular flexibility index (Phi) is 5.74. The van der Waals surface area contributed by atoms with Crippen LogP contribution in [0, 0.1) is 5.82 Å². The van der Waals surface area contributed by atoms with Gasteiger partial charge in [0, 0.05) is 11.4 Å². The van der Waals surface area contributed by atoms with Crippen molar-refractivity contribution in [1.29, 1.82) is 0 Å². The molecule has 0 aliphatic rings. The van der Waals surface area contributed by atoms with Gasteiger partial charge in [0.05, 0.1) is 6.42 Å². The van der Waals surface area contributed by atoms with E-state index in [4.69, 9.17) is 0 Å². The molecule has 0 atom stereocenters. The van der Waals surface area contributed by atoms with Crippen LogP contribution in [-0.2, 0) is 17.6 Å². The van der Waals surface area contributed by atoms with Crippen molar-refractivity contribution in [3.63, 3.8) is 0 Å². The maximum Gasteiger partial charge on any atom is 0.225 e. The highest BCUT2D eigenvalue weighted by atomic mass is 32.1. The van der Waals surface area contributed by atoms with Crippen LogP contribution in [0.5, 0.6) is 0 Å². The molecule has 0 saturated heterocycles. The van der Waals surface area contributed by atoms with Crippen LogP contribution in [0.3, 0.4) is 0 Å². The molecule has 0 aliphatic carbocycles. The molecule has 106 valence electrons. The predicted octanol–water partition coefficient (Wildman–Crippen LogP) is 3.57. The lowest BCUT2D eigenvalue weighted by molar-refractivity contribution is -0.120. The first-order chi connectivity index (χ1) is 9.74. The fraction of sp³-hybridized carbons (Fsp3) is 0.312. The van der Waals surface area contributed by atoms with Gasteiger partial charge in [-0.05, 0) is 48.4 Å². The van der Waals surface area contributed by atoms with E-state index in [-0.39, 0.29) is 11.7 Å². The van der Waals surface area contributed by atoms with E-state index in [1.165, 1.54) is 12.1 Å². The number of hydrogen-bond donors (Lipinski definition) is 1. The number of rotatable bonds is 7. The van der Waals surface area contributed by atoms with Crippen LogP contribution >= 0.6 is 11.3 Å². The fourth-order valence-electron chi connectivity index (χ4n) is 1.97. The van der Waals surface area contributed by atoms with Gasteiger partial charge in [-0.3, -0.25) is 4.79 Å². The van der Waals surface area contributed by atoms with Gasteiger partial charge in [0.25, 0.3) is 0 Å². The summed E-state index contributed by atoms with van der Waals surface area (Å²) in [5.74, 6) is -0.121. The summed E-state index contributed by atoms with van der Waals surface area (Å²) < 4.78 is 12.7. The molecule has 1 heterocycles. The molecular weight excluding hydrogens is 273 g/mol. The Morgan fingerprint density at radius 1 is 1.15 bits per heavy atom. The SMILES string of the molecule is O=C(Cc1cccs1)NCCCCc1ccc(F)cc1. The van der Waals surface area contributed by atoms with Crippen molar-refractivity contribution in [3.05, 3.63) is 58.0 Å². The van der Waals surface area contributed by atoms with Crippen LogP contribution in [0.15, 0.2) is 41.8 Å². The Labute approximate surface area is 122 Å². The van der Waals surface area contributed by atoms with Gasteiger partial charge in [0.15, 0.2) is 0 Å². The largest absolute Gasteiger partial charge is 0.356 e. The molecular formula is C16H18FNOS. The third kappa shape index (κ3) is 5.13. The molecule has 1 amide bonds. The third-order valence-electron chi connectivity index (χ3n) is 3.04. The van der Waals surface area contributed by atoms with Crippen LogP contribution in [0.2, 0.25) is 0 Å². The maximum absolute atomic E-state index is 12.7. The minimum atomic E-state index is -0.199. The molecule has 0 unspecified atom stereocenters. The molecule has 2 nitrogen and oxygen atoms in total. The number of carbonyl (C=O) groups is 1. The van der Waals surface area contributed by atoms with Crippen LogP contribution in [-0.4, -0.2) is 12.5 Å². The standard InChI is InChI=1S/C16H18FNOS/c17-14-8-6-13(7-9-14)4-1-2-10-18-16(19)12-15-5-3-11-20-15/h3,5-9,11H,1-2,4,10,12H2,(H,18,19). The summed E-state index contributed by atoms with van der Waals surface area (Å²) in [7, 11) is 0. The Morgan fingerprint density at radius 2 is 1.95 bits per heavy atom. The summed E-state index contributed by atoms with van der Waals surface area (Å²) in [5, 5.41) is 4.90. The van der Waals surface area contributed by atoms with Crippen LogP contribution in [0.1, 0.15) is 23.3 Å². The van der Waals surface area contributed by atoms with Gasteiger partial charge >= 0.3 is 0 Å². The molecule has 1 aromatic heterocycles. The van der Waals surface area contributed by atoms with Crippen molar-refractivity contribution in [3.8, 4) is 0 Å². The minimum absolute atomic E-state index is 0.0780. The quantitative estimate of drug-likeness (QED) is 0.776. The van der Waals surface area contributed by atoms with Crippen molar-refractivity contribution in [1.82, 2.24) is 5.32 Å². The van der Waals surface area contributed by atoms with Crippen molar-refractivity contribution in [2.24, 2.45) is 0 Å². The Morgan fingerprint density at radius 3 is 2.65 bits per heavy atom. The van der Waals surface area contributed by atoms with Crippen LogP contribution < -0.4 is 5.32 Å². The second-order valence-corrected chi connectivity index (χ2v) is 5.72. The molecule has 1 aromatic carbocycles. The van der Waals surface area contributed by atoms with E-state index < -0.39 is 0 Å². The first kappa shape index (κ1) is 14.7. The minimum Gasteiger partial charge on any atom is -0.356 e. The zero-order valence-electron chi connectivity index (χ0n) is 11.3. The number of unbranched alkanes of at least 4 members (excludes halogenated alkanes) is 1. The maximum atomic E-state index is 12.7. The summed E-state index contributed by atoms with van der Waals surface area (Å²) >= 11 is 1.60. The monoisotopic (exact) mass is 291 g/mol. The van der Waals surface area contributed by atoms with Crippen LogP contribution in [0.4, 0.5) is 4.39 Å². The third-order valence-corrected chi connectivity index (χ3v) is 3.92. The molecule has 20 heavy (non-hydrogen) atoms. The summed E-state index contributed by atoms with van der Waals surface area (Å²) in [5.41, 5.74) is 1.14. The second kappa shape index (κ2) is 7.80. The van der Waals surface area contributed by atoms with Crippen LogP contribution in [0.25, 0.3) is 0 Å². The van der Waals surface area contributed by atoms with Gasteiger partial charge in [-0.25, -0.2) is 4.39 Å². The first-order valence-electron chi connectivity index (χ1n) is 6.77. The summed E-state index contributed by atoms with van der Waals surface area (Å²) in [6.45, 7) is 0.700. The van der Waals surface area contributed by atoms with Crippen molar-refractivity contribution in [2.45, 2.75) is 25.7 Å². The lowest BCUT2D eigenvalue weighted by Gasteiger charge is -2.04. The lowest BCUT2D eigenvalue weighted by Crippen LogP contribution is -2.25. The zero-order chi connectivity index (χ0) is 14.2. The molecule has 1 N–H and O–H groups in total. The molecule has 2 rings (SSSR count). The Bertz CT molecular complexity index is 522. The van der Waals surface area contributed by atoms with E-state index in [0.717, 1.165) is 29.7 Å². The smallest absolute Gasteiger partial charge is 0.225 e. The number of aryl methyl sites for hydroxylation is 1. The molecule has 0 bridgehead atoms. The number of hydrogen-bond acceptors (Lipinski definition) is 2. The number of amides is 1. The normalized spacial score (nSPS) is 10.4. The summed E-state index contributed by atoms with van der Waals surface area (Å²) in [6.07, 6.45) is 3.31. The average Bonchev–Trinajstić information content (AvgIpc) is 2.93. The molecule has 0 fully saturated rings. The van der Waals surface area contributed by atoms with Crippen molar-refractivity contribution >= 4 is 17.2 Å². The molecule has 0 spiro atoms. The molecule has 0 aliphatic heterocycles. The Balaban J connectivity index is 1.57. The van der Waals surface area contributed by atoms with Crippen molar-refractivity contribution in [2.75, 3.05) is 6.54 Å². The zero-order valence-corrected chi connectivity index (χ0v) is 12.1. The topological polar surface area (TPSA) is 29.1 Å². The number of thiophene rings is 1. The van der Waals surface area contributed by atoms with E-state index in [1.54, 1.807) is 11.3 Å². The van der Waals surface area contributed by atoms with Crippen molar-refractivity contribution < 1.29 is 9.18 Å². The number of nitrogens with one attached hydrogen (secondary N) is 1. The van der Waals surface area contributed by atoms with Gasteiger partial charge in [-0.1, -0.05) is 18.2 Å². The highest BCUT2D eigenvalue weighted by Gasteiger charge is 2.03. The summed E-state index contributed by atoms with van der Waals surface area (Å²) in [6, 6.07) is 10.5. The average molecular weight is 291 g/mol. The first-order valence-corrected chi connectivity index (χ1v) is 7.65. The molecule has 2 aromatic rings.